The van der Waals surface area contributed by atoms with Crippen LogP contribution in [0.25, 0.3) is 0 Å². The van der Waals surface area contributed by atoms with E-state index in [-0.39, 0.29) is 11.2 Å². The lowest BCUT2D eigenvalue weighted by atomic mass is 10.1. The van der Waals surface area contributed by atoms with Gasteiger partial charge in [-0.25, -0.2) is 0 Å². The van der Waals surface area contributed by atoms with E-state index in [1.54, 1.807) is 13.1 Å². The van der Waals surface area contributed by atoms with Gasteiger partial charge in [0.25, 0.3) is 0 Å². The molecule has 1 aromatic rings. The highest BCUT2D eigenvalue weighted by Crippen LogP contribution is 2.23. The van der Waals surface area contributed by atoms with Crippen molar-refractivity contribution in [2.24, 2.45) is 0 Å². The molecule has 0 amide bonds. The van der Waals surface area contributed by atoms with Crippen molar-refractivity contribution in [1.82, 2.24) is 4.57 Å². The van der Waals surface area contributed by atoms with Gasteiger partial charge in [0.05, 0.1) is 5.69 Å². The van der Waals surface area contributed by atoms with Crippen LogP contribution in [0.1, 0.15) is 57.7 Å². The van der Waals surface area contributed by atoms with Crippen molar-refractivity contribution in [3.8, 4) is 5.75 Å². The Labute approximate surface area is 103 Å². The molecule has 0 aliphatic heterocycles. The maximum atomic E-state index is 11.3. The summed E-state index contributed by atoms with van der Waals surface area (Å²) >= 11 is 0. The number of pyridine rings is 1. The summed E-state index contributed by atoms with van der Waals surface area (Å²) in [6.07, 6.45) is 7.58. The fraction of sp³-hybridized carbons (Fsp3) is 0.643. The van der Waals surface area contributed by atoms with E-state index in [1.165, 1.54) is 25.3 Å². The number of hydrogen-bond donors (Lipinski definition) is 1. The zero-order chi connectivity index (χ0) is 12.8. The lowest BCUT2D eigenvalue weighted by molar-refractivity contribution is 0.400. The summed E-state index contributed by atoms with van der Waals surface area (Å²) in [6.45, 7) is 6.14. The van der Waals surface area contributed by atoms with Crippen molar-refractivity contribution in [2.45, 2.75) is 58.9 Å². The van der Waals surface area contributed by atoms with Crippen LogP contribution in [0.4, 0.5) is 0 Å². The van der Waals surface area contributed by atoms with Crippen LogP contribution in [0.3, 0.4) is 0 Å². The van der Waals surface area contributed by atoms with E-state index in [2.05, 4.69) is 13.8 Å². The monoisotopic (exact) mass is 237 g/mol. The third-order valence-electron chi connectivity index (χ3n) is 3.36. The van der Waals surface area contributed by atoms with Crippen molar-refractivity contribution < 1.29 is 5.11 Å². The van der Waals surface area contributed by atoms with E-state index >= 15 is 0 Å². The molecule has 0 aliphatic rings. The molecule has 0 radical (unpaired) electrons. The predicted molar refractivity (Wildman–Crippen MR) is 70.6 cm³/mol. The molecule has 3 heteroatoms. The van der Waals surface area contributed by atoms with Crippen molar-refractivity contribution >= 4 is 0 Å². The van der Waals surface area contributed by atoms with Crippen molar-refractivity contribution in [3.05, 3.63) is 28.2 Å². The number of nitrogens with zero attached hydrogens (tertiary/aromatic N) is 1. The molecular weight excluding hydrogens is 214 g/mol. The van der Waals surface area contributed by atoms with Gasteiger partial charge in [-0.2, -0.15) is 0 Å². The van der Waals surface area contributed by atoms with Crippen LogP contribution >= 0.6 is 0 Å². The largest absolute Gasteiger partial charge is 0.503 e. The highest BCUT2D eigenvalue weighted by Gasteiger charge is 2.12. The lowest BCUT2D eigenvalue weighted by Gasteiger charge is -2.22. The second kappa shape index (κ2) is 6.48. The average Bonchev–Trinajstić information content (AvgIpc) is 2.33. The SMILES string of the molecule is CCCCCC(CC)n1ccc(=O)c(O)c1C. The first-order valence-electron chi connectivity index (χ1n) is 6.52. The Morgan fingerprint density at radius 2 is 2.06 bits per heavy atom. The van der Waals surface area contributed by atoms with E-state index in [0.717, 1.165) is 12.8 Å². The minimum atomic E-state index is -0.290. The van der Waals surface area contributed by atoms with Gasteiger partial charge < -0.3 is 9.67 Å². The molecule has 96 valence electrons. The maximum absolute atomic E-state index is 11.3. The van der Waals surface area contributed by atoms with Gasteiger partial charge in [-0.3, -0.25) is 4.79 Å². The molecule has 17 heavy (non-hydrogen) atoms. The minimum absolute atomic E-state index is 0.110. The Morgan fingerprint density at radius 1 is 1.35 bits per heavy atom. The van der Waals surface area contributed by atoms with Crippen molar-refractivity contribution in [1.29, 1.82) is 0 Å². The van der Waals surface area contributed by atoms with Gasteiger partial charge in [0.1, 0.15) is 0 Å². The molecule has 0 fully saturated rings. The minimum Gasteiger partial charge on any atom is -0.503 e. The number of rotatable bonds is 6. The number of hydrogen-bond acceptors (Lipinski definition) is 2. The second-order valence-corrected chi connectivity index (χ2v) is 4.58. The Morgan fingerprint density at radius 3 is 2.65 bits per heavy atom. The molecule has 0 saturated heterocycles. The zero-order valence-corrected chi connectivity index (χ0v) is 11.1. The summed E-state index contributed by atoms with van der Waals surface area (Å²) in [5.74, 6) is -0.110. The molecule has 1 atom stereocenters. The Hall–Kier alpha value is -1.25. The normalized spacial score (nSPS) is 12.6. The first-order valence-corrected chi connectivity index (χ1v) is 6.52. The molecule has 3 nitrogen and oxygen atoms in total. The topological polar surface area (TPSA) is 42.2 Å². The first-order chi connectivity index (χ1) is 8.11. The van der Waals surface area contributed by atoms with E-state index in [9.17, 15) is 9.90 Å². The third kappa shape index (κ3) is 3.35. The van der Waals surface area contributed by atoms with Crippen LogP contribution in [0.2, 0.25) is 0 Å². The summed E-state index contributed by atoms with van der Waals surface area (Å²) in [4.78, 5) is 11.3. The van der Waals surface area contributed by atoms with Crippen LogP contribution in [-0.2, 0) is 0 Å². The predicted octanol–water partition coefficient (Wildman–Crippen LogP) is 3.39. The van der Waals surface area contributed by atoms with E-state index in [0.29, 0.717) is 11.7 Å². The highest BCUT2D eigenvalue weighted by molar-refractivity contribution is 5.25. The summed E-state index contributed by atoms with van der Waals surface area (Å²) in [5, 5.41) is 9.67. The summed E-state index contributed by atoms with van der Waals surface area (Å²) in [6, 6.07) is 1.83. The Balaban J connectivity index is 2.88. The van der Waals surface area contributed by atoms with E-state index < -0.39 is 0 Å². The molecule has 1 aromatic heterocycles. The molecule has 1 unspecified atom stereocenters. The van der Waals surface area contributed by atoms with Gasteiger partial charge in [0.15, 0.2) is 5.75 Å². The Kier molecular flexibility index (Phi) is 5.26. The molecule has 0 bridgehead atoms. The molecule has 1 heterocycles. The maximum Gasteiger partial charge on any atom is 0.223 e. The Bertz CT molecular complexity index is 409. The van der Waals surface area contributed by atoms with Crippen LogP contribution in [0, 0.1) is 6.92 Å². The molecule has 1 N–H and O–H groups in total. The van der Waals surface area contributed by atoms with Gasteiger partial charge in [-0.05, 0) is 19.8 Å². The van der Waals surface area contributed by atoms with Crippen LogP contribution in [0.15, 0.2) is 17.1 Å². The molecule has 0 aromatic carbocycles. The second-order valence-electron chi connectivity index (χ2n) is 4.58. The summed E-state index contributed by atoms with van der Waals surface area (Å²) in [7, 11) is 0. The van der Waals surface area contributed by atoms with Gasteiger partial charge in [-0.1, -0.05) is 33.1 Å². The molecule has 0 spiro atoms. The molecule has 0 saturated carbocycles. The average molecular weight is 237 g/mol. The van der Waals surface area contributed by atoms with Gasteiger partial charge in [0.2, 0.25) is 5.43 Å². The highest BCUT2D eigenvalue weighted by atomic mass is 16.3. The number of aromatic hydroxyl groups is 1. The molecule has 0 aliphatic carbocycles. The summed E-state index contributed by atoms with van der Waals surface area (Å²) < 4.78 is 2.03. The quantitative estimate of drug-likeness (QED) is 0.770. The lowest BCUT2D eigenvalue weighted by Crippen LogP contribution is -2.15. The van der Waals surface area contributed by atoms with Crippen LogP contribution in [-0.4, -0.2) is 9.67 Å². The fourth-order valence-electron chi connectivity index (χ4n) is 2.20. The van der Waals surface area contributed by atoms with Gasteiger partial charge in [-0.15, -0.1) is 0 Å². The zero-order valence-electron chi connectivity index (χ0n) is 11.1. The molecular formula is C14H23NO2. The smallest absolute Gasteiger partial charge is 0.223 e. The van der Waals surface area contributed by atoms with Crippen molar-refractivity contribution in [2.75, 3.05) is 0 Å². The number of unbranched alkanes of at least 4 members (excludes halogenated alkanes) is 2. The third-order valence-corrected chi connectivity index (χ3v) is 3.36. The molecule has 1 rings (SSSR count). The van der Waals surface area contributed by atoms with Gasteiger partial charge in [0, 0.05) is 18.3 Å². The van der Waals surface area contributed by atoms with E-state index in [4.69, 9.17) is 0 Å². The van der Waals surface area contributed by atoms with Crippen molar-refractivity contribution in [3.63, 3.8) is 0 Å². The standard InChI is InChI=1S/C14H23NO2/c1-4-6-7-8-12(5-2)15-10-9-13(16)14(17)11(15)3/h9-10,12,17H,4-8H2,1-3H3. The van der Waals surface area contributed by atoms with Crippen LogP contribution < -0.4 is 5.43 Å². The first kappa shape index (κ1) is 13.8. The van der Waals surface area contributed by atoms with Gasteiger partial charge >= 0.3 is 0 Å². The van der Waals surface area contributed by atoms with E-state index in [1.807, 2.05) is 4.57 Å². The fourth-order valence-corrected chi connectivity index (χ4v) is 2.20. The number of aromatic nitrogens is 1. The van der Waals surface area contributed by atoms with Crippen LogP contribution in [0.5, 0.6) is 5.75 Å². The summed E-state index contributed by atoms with van der Waals surface area (Å²) in [5.41, 5.74) is 0.392.